The number of alkyl halides is 4. The molecule has 0 aliphatic heterocycles. The highest BCUT2D eigenvalue weighted by Crippen LogP contribution is 2.43. The van der Waals surface area contributed by atoms with Crippen LogP contribution in [-0.4, -0.2) is 11.7 Å². The van der Waals surface area contributed by atoms with Gasteiger partial charge in [0.15, 0.2) is 0 Å². The van der Waals surface area contributed by atoms with Crippen molar-refractivity contribution in [2.75, 3.05) is 5.73 Å². The van der Waals surface area contributed by atoms with Gasteiger partial charge in [-0.15, -0.1) is 0 Å². The number of benzene rings is 1. The van der Waals surface area contributed by atoms with Gasteiger partial charge < -0.3 is 5.73 Å². The predicted molar refractivity (Wildman–Crippen MR) is 66.4 cm³/mol. The molecule has 0 bridgehead atoms. The summed E-state index contributed by atoms with van der Waals surface area (Å²) in [7, 11) is 0. The lowest BCUT2D eigenvalue weighted by atomic mass is 10.0. The molecule has 6 heteroatoms. The van der Waals surface area contributed by atoms with E-state index in [1.54, 1.807) is 6.92 Å². The lowest BCUT2D eigenvalue weighted by molar-refractivity contribution is -0.0563. The van der Waals surface area contributed by atoms with Crippen LogP contribution in [-0.2, 0) is 12.8 Å². The molecule has 0 spiro atoms. The van der Waals surface area contributed by atoms with Crippen LogP contribution in [0.3, 0.4) is 0 Å². The average molecular weight is 281 g/mol. The molecule has 0 fully saturated rings. The van der Waals surface area contributed by atoms with Crippen molar-refractivity contribution in [3.8, 4) is 0 Å². The Hall–Kier alpha value is -0.910. The third-order valence-electron chi connectivity index (χ3n) is 2.63. The second-order valence-electron chi connectivity index (χ2n) is 3.78. The number of nitrogens with two attached hydrogens (primary N) is 1. The summed E-state index contributed by atoms with van der Waals surface area (Å²) < 4.78 is 50.5. The van der Waals surface area contributed by atoms with Gasteiger partial charge in [0.25, 0.3) is 0 Å². The van der Waals surface area contributed by atoms with Crippen LogP contribution in [0.1, 0.15) is 25.0 Å². The Morgan fingerprint density at radius 1 is 1.17 bits per heavy atom. The fraction of sp³-hybridized carbons (Fsp3) is 0.500. The lowest BCUT2D eigenvalue weighted by Crippen LogP contribution is -2.21. The summed E-state index contributed by atoms with van der Waals surface area (Å²) in [5, 5.41) is -4.08. The minimum absolute atomic E-state index is 0.0955. The number of hydrogen-bond donors (Lipinski definition) is 1. The first kappa shape index (κ1) is 15.1. The molecule has 0 radical (unpaired) electrons. The van der Waals surface area contributed by atoms with Crippen LogP contribution in [0, 0.1) is 0 Å². The molecule has 2 N–H and O–H groups in total. The maximum Gasteiger partial charge on any atom is 0.357 e. The quantitative estimate of drug-likeness (QED) is 0.493. The third-order valence-corrected chi connectivity index (χ3v) is 3.68. The van der Waals surface area contributed by atoms with E-state index in [4.69, 9.17) is 5.73 Å². The monoisotopic (exact) mass is 281 g/mol. The Balaban J connectivity index is 3.18. The molecule has 0 saturated carbocycles. The summed E-state index contributed by atoms with van der Waals surface area (Å²) in [5.74, 6) is 0. The van der Waals surface area contributed by atoms with E-state index in [2.05, 4.69) is 0 Å². The van der Waals surface area contributed by atoms with Gasteiger partial charge in [-0.1, -0.05) is 13.8 Å². The predicted octanol–water partition coefficient (Wildman–Crippen LogP) is 4.34. The Bertz CT molecular complexity index is 421. The summed E-state index contributed by atoms with van der Waals surface area (Å²) in [5.41, 5.74) is 7.65. The van der Waals surface area contributed by atoms with Crippen molar-refractivity contribution in [3.63, 3.8) is 0 Å². The van der Waals surface area contributed by atoms with E-state index in [0.29, 0.717) is 24.1 Å². The molecule has 1 aromatic rings. The second-order valence-corrected chi connectivity index (χ2v) is 4.97. The summed E-state index contributed by atoms with van der Waals surface area (Å²) in [6, 6.07) is 2.87. The maximum atomic E-state index is 13.1. The van der Waals surface area contributed by atoms with Crippen molar-refractivity contribution in [2.45, 2.75) is 43.3 Å². The first-order valence-electron chi connectivity index (χ1n) is 5.58. The van der Waals surface area contributed by atoms with E-state index < -0.39 is 11.7 Å². The van der Waals surface area contributed by atoms with Crippen LogP contribution >= 0.6 is 11.8 Å². The topological polar surface area (TPSA) is 26.0 Å². The number of hydrogen-bond acceptors (Lipinski definition) is 2. The van der Waals surface area contributed by atoms with Crippen LogP contribution in [0.25, 0.3) is 0 Å². The highest BCUT2D eigenvalue weighted by atomic mass is 32.2. The third kappa shape index (κ3) is 3.10. The SMILES string of the molecule is CCc1c(N)ccc(SC(F)(F)C(F)F)c1CC. The Morgan fingerprint density at radius 2 is 1.72 bits per heavy atom. The number of rotatable bonds is 5. The van der Waals surface area contributed by atoms with Gasteiger partial charge in [0.2, 0.25) is 0 Å². The first-order valence-corrected chi connectivity index (χ1v) is 6.40. The Labute approximate surface area is 108 Å². The number of halogens is 4. The van der Waals surface area contributed by atoms with E-state index in [0.717, 1.165) is 5.56 Å². The molecule has 1 rings (SSSR count). The minimum atomic E-state index is -4.08. The zero-order chi connectivity index (χ0) is 13.9. The molecule has 0 saturated heterocycles. The van der Waals surface area contributed by atoms with Gasteiger partial charge in [-0.25, -0.2) is 8.78 Å². The van der Waals surface area contributed by atoms with Gasteiger partial charge in [-0.2, -0.15) is 8.78 Å². The van der Waals surface area contributed by atoms with Crippen molar-refractivity contribution in [1.29, 1.82) is 0 Å². The van der Waals surface area contributed by atoms with Gasteiger partial charge in [0.05, 0.1) is 0 Å². The molecule has 0 unspecified atom stereocenters. The van der Waals surface area contributed by atoms with Gasteiger partial charge in [-0.3, -0.25) is 0 Å². The normalized spacial score (nSPS) is 12.2. The maximum absolute atomic E-state index is 13.1. The lowest BCUT2D eigenvalue weighted by Gasteiger charge is -2.19. The fourth-order valence-corrected chi connectivity index (χ4v) is 2.69. The summed E-state index contributed by atoms with van der Waals surface area (Å²) in [4.78, 5) is 0.175. The molecule has 0 aliphatic rings. The first-order chi connectivity index (χ1) is 8.33. The van der Waals surface area contributed by atoms with Crippen molar-refractivity contribution < 1.29 is 17.6 Å². The molecule has 1 nitrogen and oxygen atoms in total. The van der Waals surface area contributed by atoms with Crippen LogP contribution in [0.2, 0.25) is 0 Å². The van der Waals surface area contributed by atoms with Crippen molar-refractivity contribution in [2.24, 2.45) is 0 Å². The molecule has 102 valence electrons. The zero-order valence-electron chi connectivity index (χ0n) is 10.1. The van der Waals surface area contributed by atoms with Crippen LogP contribution in [0.15, 0.2) is 17.0 Å². The number of thioether (sulfide) groups is 1. The standard InChI is InChI=1S/C12H15F4NS/c1-3-7-8(4-2)10(6-5-9(7)17)18-12(15,16)11(13)14/h5-6,11H,3-4,17H2,1-2H3. The van der Waals surface area contributed by atoms with Crippen LogP contribution in [0.5, 0.6) is 0 Å². The number of anilines is 1. The molecular weight excluding hydrogens is 266 g/mol. The highest BCUT2D eigenvalue weighted by Gasteiger charge is 2.42. The highest BCUT2D eigenvalue weighted by molar-refractivity contribution is 8.00. The van der Waals surface area contributed by atoms with Crippen molar-refractivity contribution in [3.05, 3.63) is 23.3 Å². The van der Waals surface area contributed by atoms with Gasteiger partial charge in [0.1, 0.15) is 0 Å². The Morgan fingerprint density at radius 3 is 2.17 bits per heavy atom. The molecular formula is C12H15F4NS. The molecule has 0 aliphatic carbocycles. The van der Waals surface area contributed by atoms with E-state index in [1.165, 1.54) is 12.1 Å². The molecule has 0 amide bonds. The Kier molecular flexibility index (Phi) is 4.90. The van der Waals surface area contributed by atoms with Gasteiger partial charge in [-0.05, 0) is 47.9 Å². The summed E-state index contributed by atoms with van der Waals surface area (Å²) >= 11 is -0.0955. The van der Waals surface area contributed by atoms with E-state index in [9.17, 15) is 17.6 Å². The molecule has 1 aromatic carbocycles. The van der Waals surface area contributed by atoms with Crippen molar-refractivity contribution >= 4 is 17.4 Å². The number of nitrogen functional groups attached to an aromatic ring is 1. The summed E-state index contributed by atoms with van der Waals surface area (Å²) in [6.07, 6.45) is -2.62. The molecule has 0 heterocycles. The van der Waals surface area contributed by atoms with Crippen LogP contribution in [0.4, 0.5) is 23.2 Å². The molecule has 0 aromatic heterocycles. The van der Waals surface area contributed by atoms with Gasteiger partial charge in [0, 0.05) is 10.6 Å². The van der Waals surface area contributed by atoms with Gasteiger partial charge >= 0.3 is 11.7 Å². The molecule has 0 atom stereocenters. The largest absolute Gasteiger partial charge is 0.398 e. The fourth-order valence-electron chi connectivity index (χ4n) is 1.78. The minimum Gasteiger partial charge on any atom is -0.398 e. The average Bonchev–Trinajstić information content (AvgIpc) is 2.30. The van der Waals surface area contributed by atoms with E-state index >= 15 is 0 Å². The summed E-state index contributed by atoms with van der Waals surface area (Å²) in [6.45, 7) is 3.64. The second kappa shape index (κ2) is 5.82. The van der Waals surface area contributed by atoms with Crippen molar-refractivity contribution in [1.82, 2.24) is 0 Å². The van der Waals surface area contributed by atoms with E-state index in [1.807, 2.05) is 6.92 Å². The van der Waals surface area contributed by atoms with E-state index in [-0.39, 0.29) is 16.7 Å². The van der Waals surface area contributed by atoms with Crippen LogP contribution < -0.4 is 5.73 Å². The zero-order valence-corrected chi connectivity index (χ0v) is 11.0. The smallest absolute Gasteiger partial charge is 0.357 e. The molecule has 18 heavy (non-hydrogen) atoms.